The summed E-state index contributed by atoms with van der Waals surface area (Å²) < 4.78 is 71.6. The topological polar surface area (TPSA) is 55.8 Å². The summed E-state index contributed by atoms with van der Waals surface area (Å²) >= 11 is 0. The Kier molecular flexibility index (Phi) is 8.34. The molecule has 5 nitrogen and oxygen atoms in total. The molecule has 0 bridgehead atoms. The molecule has 1 unspecified atom stereocenters. The van der Waals surface area contributed by atoms with Crippen molar-refractivity contribution in [3.8, 4) is 5.75 Å². The summed E-state index contributed by atoms with van der Waals surface area (Å²) in [5.41, 5.74) is -0.776. The summed E-state index contributed by atoms with van der Waals surface area (Å²) in [5, 5.41) is 0.820. The van der Waals surface area contributed by atoms with Crippen LogP contribution in [0, 0.1) is 35.0 Å². The first-order chi connectivity index (χ1) is 12.9. The van der Waals surface area contributed by atoms with Gasteiger partial charge < -0.3 is 4.74 Å². The van der Waals surface area contributed by atoms with Crippen LogP contribution in [0.5, 0.6) is 5.75 Å². The lowest BCUT2D eigenvalue weighted by Crippen LogP contribution is -2.39. The number of unbranched alkanes of at least 4 members (excludes halogenated alkanes) is 1. The molecule has 0 fully saturated rings. The van der Waals surface area contributed by atoms with E-state index in [-0.39, 0.29) is 13.0 Å². The van der Waals surface area contributed by atoms with E-state index in [0.717, 1.165) is 5.06 Å². The fraction of sp³-hybridized carbons (Fsp3) is 0.556. The van der Waals surface area contributed by atoms with E-state index in [2.05, 4.69) is 4.74 Å². The Balaban J connectivity index is 3.10. The van der Waals surface area contributed by atoms with Crippen LogP contribution in [0.3, 0.4) is 0 Å². The first kappa shape index (κ1) is 23.8. The van der Waals surface area contributed by atoms with Gasteiger partial charge in [0.15, 0.2) is 0 Å². The molecular formula is C18H22F5NO4. The molecule has 0 saturated heterocycles. The Morgan fingerprint density at radius 1 is 1.04 bits per heavy atom. The zero-order chi connectivity index (χ0) is 21.6. The molecule has 0 heterocycles. The number of halogens is 5. The predicted molar refractivity (Wildman–Crippen MR) is 88.5 cm³/mol. The number of rotatable bonds is 9. The standard InChI is InChI=1S/C18H22F5NO4/c1-5-6-7-10(8-24(9-25)28-18(2,3)4)17(26)27-16-14(22)12(20)11(19)13(21)15(16)23/h9-10H,5-8H2,1-4H3. The maximum atomic E-state index is 13.7. The predicted octanol–water partition coefficient (Wildman–Crippen LogP) is 4.28. The van der Waals surface area contributed by atoms with Crippen molar-refractivity contribution in [2.24, 2.45) is 5.92 Å². The fourth-order valence-corrected chi connectivity index (χ4v) is 2.26. The van der Waals surface area contributed by atoms with Crippen LogP contribution in [-0.4, -0.2) is 29.6 Å². The van der Waals surface area contributed by atoms with Gasteiger partial charge in [0.2, 0.25) is 41.2 Å². The van der Waals surface area contributed by atoms with E-state index < -0.39 is 52.3 Å². The Hall–Kier alpha value is -2.23. The summed E-state index contributed by atoms with van der Waals surface area (Å²) in [5.74, 6) is -15.4. The van der Waals surface area contributed by atoms with E-state index in [1.807, 2.05) is 6.92 Å². The molecule has 28 heavy (non-hydrogen) atoms. The average molecular weight is 411 g/mol. The molecule has 0 aliphatic heterocycles. The molecule has 1 aromatic rings. The minimum absolute atomic E-state index is 0.141. The summed E-state index contributed by atoms with van der Waals surface area (Å²) in [6.07, 6.45) is 1.59. The molecule has 1 aromatic carbocycles. The van der Waals surface area contributed by atoms with E-state index in [9.17, 15) is 31.5 Å². The van der Waals surface area contributed by atoms with E-state index in [0.29, 0.717) is 19.3 Å². The van der Waals surface area contributed by atoms with Gasteiger partial charge in [-0.3, -0.25) is 14.4 Å². The van der Waals surface area contributed by atoms with Gasteiger partial charge in [-0.05, 0) is 27.2 Å². The molecule has 0 spiro atoms. The van der Waals surface area contributed by atoms with Gasteiger partial charge in [0.25, 0.3) is 0 Å². The van der Waals surface area contributed by atoms with Crippen molar-refractivity contribution in [1.29, 1.82) is 0 Å². The summed E-state index contributed by atoms with van der Waals surface area (Å²) in [6.45, 7) is 6.44. The summed E-state index contributed by atoms with van der Waals surface area (Å²) in [7, 11) is 0. The van der Waals surface area contributed by atoms with Crippen LogP contribution in [0.15, 0.2) is 0 Å². The number of carbonyl (C=O) groups is 2. The lowest BCUT2D eigenvalue weighted by Gasteiger charge is -2.29. The van der Waals surface area contributed by atoms with Crippen molar-refractivity contribution in [3.05, 3.63) is 29.1 Å². The molecule has 10 heteroatoms. The highest BCUT2D eigenvalue weighted by atomic mass is 19.2. The van der Waals surface area contributed by atoms with Gasteiger partial charge in [-0.1, -0.05) is 19.8 Å². The molecule has 1 amide bonds. The maximum absolute atomic E-state index is 13.7. The van der Waals surface area contributed by atoms with Crippen LogP contribution in [0.25, 0.3) is 0 Å². The van der Waals surface area contributed by atoms with Crippen LogP contribution in [0.2, 0.25) is 0 Å². The van der Waals surface area contributed by atoms with Crippen molar-refractivity contribution < 1.29 is 41.1 Å². The van der Waals surface area contributed by atoms with Gasteiger partial charge in [-0.25, -0.2) is 18.2 Å². The monoisotopic (exact) mass is 411 g/mol. The van der Waals surface area contributed by atoms with Crippen LogP contribution < -0.4 is 4.74 Å². The second kappa shape index (κ2) is 9.81. The fourth-order valence-electron chi connectivity index (χ4n) is 2.26. The van der Waals surface area contributed by atoms with Crippen LogP contribution in [0.1, 0.15) is 47.0 Å². The Morgan fingerprint density at radius 3 is 1.96 bits per heavy atom. The molecule has 0 N–H and O–H groups in total. The van der Waals surface area contributed by atoms with E-state index in [1.54, 1.807) is 20.8 Å². The minimum Gasteiger partial charge on any atom is -0.420 e. The Morgan fingerprint density at radius 2 is 1.54 bits per heavy atom. The number of carbonyl (C=O) groups excluding carboxylic acids is 2. The lowest BCUT2D eigenvalue weighted by atomic mass is 10.0. The van der Waals surface area contributed by atoms with Gasteiger partial charge >= 0.3 is 5.97 Å². The molecule has 0 aliphatic carbocycles. The van der Waals surface area contributed by atoms with Crippen LogP contribution in [0.4, 0.5) is 22.0 Å². The number of benzene rings is 1. The number of ether oxygens (including phenoxy) is 1. The summed E-state index contributed by atoms with van der Waals surface area (Å²) in [6, 6.07) is 0. The normalized spacial score (nSPS) is 12.6. The number of esters is 1. The summed E-state index contributed by atoms with van der Waals surface area (Å²) in [4.78, 5) is 28.9. The quantitative estimate of drug-likeness (QED) is 0.116. The van der Waals surface area contributed by atoms with Crippen molar-refractivity contribution in [2.75, 3.05) is 6.54 Å². The number of nitrogens with zero attached hydrogens (tertiary/aromatic N) is 1. The first-order valence-electron chi connectivity index (χ1n) is 8.57. The van der Waals surface area contributed by atoms with Gasteiger partial charge in [-0.2, -0.15) is 8.78 Å². The van der Waals surface area contributed by atoms with Gasteiger partial charge in [0, 0.05) is 0 Å². The molecule has 0 aromatic heterocycles. The maximum Gasteiger partial charge on any atom is 0.316 e. The zero-order valence-corrected chi connectivity index (χ0v) is 16.0. The van der Waals surface area contributed by atoms with Gasteiger partial charge in [-0.15, -0.1) is 0 Å². The molecular weight excluding hydrogens is 389 g/mol. The highest BCUT2D eigenvalue weighted by Crippen LogP contribution is 2.30. The van der Waals surface area contributed by atoms with E-state index >= 15 is 0 Å². The Bertz CT molecular complexity index is 692. The molecule has 1 atom stereocenters. The third kappa shape index (κ3) is 6.15. The van der Waals surface area contributed by atoms with E-state index in [1.165, 1.54) is 0 Å². The number of hydrogen-bond acceptors (Lipinski definition) is 4. The second-order valence-electron chi connectivity index (χ2n) is 7.07. The number of hydroxylamine groups is 2. The minimum atomic E-state index is -2.36. The van der Waals surface area contributed by atoms with Gasteiger partial charge in [0.05, 0.1) is 18.1 Å². The number of amides is 1. The third-order valence-corrected chi connectivity index (χ3v) is 3.52. The van der Waals surface area contributed by atoms with Crippen molar-refractivity contribution in [2.45, 2.75) is 52.6 Å². The molecule has 158 valence electrons. The lowest BCUT2D eigenvalue weighted by molar-refractivity contribution is -0.220. The van der Waals surface area contributed by atoms with Gasteiger partial charge in [0.1, 0.15) is 0 Å². The molecule has 0 saturated carbocycles. The number of hydrogen-bond donors (Lipinski definition) is 0. The van der Waals surface area contributed by atoms with Crippen molar-refractivity contribution >= 4 is 12.4 Å². The Labute approximate surface area is 159 Å². The van der Waals surface area contributed by atoms with Crippen molar-refractivity contribution in [3.63, 3.8) is 0 Å². The van der Waals surface area contributed by atoms with Crippen molar-refractivity contribution in [1.82, 2.24) is 5.06 Å². The SMILES string of the molecule is CCCCC(CN(C=O)OC(C)(C)C)C(=O)Oc1c(F)c(F)c(F)c(F)c1F. The molecule has 0 aliphatic rings. The molecule has 1 rings (SSSR count). The first-order valence-corrected chi connectivity index (χ1v) is 8.57. The van der Waals surface area contributed by atoms with E-state index in [4.69, 9.17) is 4.84 Å². The third-order valence-electron chi connectivity index (χ3n) is 3.52. The highest BCUT2D eigenvalue weighted by molar-refractivity contribution is 5.75. The smallest absolute Gasteiger partial charge is 0.316 e. The molecule has 0 radical (unpaired) electrons. The highest BCUT2D eigenvalue weighted by Gasteiger charge is 2.32. The van der Waals surface area contributed by atoms with Crippen LogP contribution in [-0.2, 0) is 14.4 Å². The zero-order valence-electron chi connectivity index (χ0n) is 16.0. The van der Waals surface area contributed by atoms with Crippen LogP contribution >= 0.6 is 0 Å². The largest absolute Gasteiger partial charge is 0.420 e. The second-order valence-corrected chi connectivity index (χ2v) is 7.07. The average Bonchev–Trinajstić information content (AvgIpc) is 2.63.